The summed E-state index contributed by atoms with van der Waals surface area (Å²) < 4.78 is 11.8. The number of rotatable bonds is 9. The van der Waals surface area contributed by atoms with Crippen molar-refractivity contribution in [2.24, 2.45) is 0 Å². The minimum Gasteiger partial charge on any atom is -0.496 e. The molecule has 0 amide bonds. The summed E-state index contributed by atoms with van der Waals surface area (Å²) in [5.74, 6) is 3.82. The Bertz CT molecular complexity index is 632. The Morgan fingerprint density at radius 2 is 1.92 bits per heavy atom. The Morgan fingerprint density at radius 3 is 2.50 bits per heavy atom. The molecule has 0 unspecified atom stereocenters. The summed E-state index contributed by atoms with van der Waals surface area (Å²) in [5.41, 5.74) is 2.63. The average molecular weight is 373 g/mol. The average Bonchev–Trinajstić information content (AvgIpc) is 2.57. The first kappa shape index (κ1) is 22.5. The van der Waals surface area contributed by atoms with E-state index in [0.717, 1.165) is 31.4 Å². The first-order chi connectivity index (χ1) is 12.1. The zero-order chi connectivity index (χ0) is 19.8. The highest BCUT2D eigenvalue weighted by Crippen LogP contribution is 2.37. The smallest absolute Gasteiger partial charge is 0.193 e. The van der Waals surface area contributed by atoms with Gasteiger partial charge in [-0.3, -0.25) is 0 Å². The van der Waals surface area contributed by atoms with E-state index in [-0.39, 0.29) is 11.1 Å². The SMILES string of the molecule is C#C[C@@H](CC/C(C)=C/CCc1ccccc1OC)O[Si](C)(C)C(C)(C)C. The Balaban J connectivity index is 2.52. The van der Waals surface area contributed by atoms with E-state index in [1.807, 2.05) is 12.1 Å². The summed E-state index contributed by atoms with van der Waals surface area (Å²) in [5, 5.41) is 0.182. The van der Waals surface area contributed by atoms with Crippen molar-refractivity contribution in [2.75, 3.05) is 7.11 Å². The number of ether oxygens (including phenoxy) is 1. The van der Waals surface area contributed by atoms with E-state index in [1.165, 1.54) is 11.1 Å². The fraction of sp³-hybridized carbons (Fsp3) is 0.565. The second kappa shape index (κ2) is 9.99. The van der Waals surface area contributed by atoms with Crippen molar-refractivity contribution < 1.29 is 9.16 Å². The van der Waals surface area contributed by atoms with Gasteiger partial charge in [-0.1, -0.05) is 56.5 Å². The molecule has 0 aliphatic rings. The minimum atomic E-state index is -1.82. The van der Waals surface area contributed by atoms with Crippen LogP contribution in [0.5, 0.6) is 5.75 Å². The second-order valence-electron chi connectivity index (χ2n) is 8.47. The van der Waals surface area contributed by atoms with Gasteiger partial charge in [0, 0.05) is 0 Å². The van der Waals surface area contributed by atoms with E-state index in [0.29, 0.717) is 0 Å². The lowest BCUT2D eigenvalue weighted by Gasteiger charge is -2.38. The summed E-state index contributed by atoms with van der Waals surface area (Å²) in [4.78, 5) is 0. The van der Waals surface area contributed by atoms with Crippen LogP contribution in [0, 0.1) is 12.3 Å². The van der Waals surface area contributed by atoms with E-state index >= 15 is 0 Å². The molecule has 26 heavy (non-hydrogen) atoms. The predicted molar refractivity (Wildman–Crippen MR) is 115 cm³/mol. The van der Waals surface area contributed by atoms with Crippen LogP contribution in [0.2, 0.25) is 18.1 Å². The second-order valence-corrected chi connectivity index (χ2v) is 13.2. The first-order valence-electron chi connectivity index (χ1n) is 9.52. The van der Waals surface area contributed by atoms with Crippen molar-refractivity contribution in [3.8, 4) is 18.1 Å². The lowest BCUT2D eigenvalue weighted by atomic mass is 10.0. The summed E-state index contributed by atoms with van der Waals surface area (Å²) >= 11 is 0. The highest BCUT2D eigenvalue weighted by molar-refractivity contribution is 6.74. The molecule has 0 N–H and O–H groups in total. The maximum absolute atomic E-state index is 6.37. The van der Waals surface area contributed by atoms with Gasteiger partial charge in [0.2, 0.25) is 0 Å². The largest absolute Gasteiger partial charge is 0.496 e. The van der Waals surface area contributed by atoms with Gasteiger partial charge in [0.05, 0.1) is 7.11 Å². The van der Waals surface area contributed by atoms with Crippen LogP contribution in [-0.2, 0) is 10.8 Å². The van der Waals surface area contributed by atoms with E-state index in [9.17, 15) is 0 Å². The molecule has 1 aromatic rings. The van der Waals surface area contributed by atoms with Crippen LogP contribution in [0.15, 0.2) is 35.9 Å². The predicted octanol–water partition coefficient (Wildman–Crippen LogP) is 6.38. The van der Waals surface area contributed by atoms with Gasteiger partial charge in [-0.05, 0) is 62.4 Å². The third kappa shape index (κ3) is 7.01. The van der Waals surface area contributed by atoms with Crippen molar-refractivity contribution in [3.05, 3.63) is 41.5 Å². The fourth-order valence-corrected chi connectivity index (χ4v) is 3.80. The van der Waals surface area contributed by atoms with Gasteiger partial charge >= 0.3 is 0 Å². The number of terminal acetylenes is 1. The van der Waals surface area contributed by atoms with Crippen LogP contribution < -0.4 is 4.74 Å². The zero-order valence-corrected chi connectivity index (χ0v) is 18.7. The summed E-state index contributed by atoms with van der Waals surface area (Å²) in [7, 11) is -0.0924. The third-order valence-corrected chi connectivity index (χ3v) is 9.81. The zero-order valence-electron chi connectivity index (χ0n) is 17.7. The normalized spacial score (nSPS) is 14.0. The molecule has 0 saturated heterocycles. The molecule has 0 spiro atoms. The number of benzene rings is 1. The number of methoxy groups -OCH3 is 1. The molecular formula is C23H36O2Si. The number of hydrogen-bond acceptors (Lipinski definition) is 2. The van der Waals surface area contributed by atoms with Crippen molar-refractivity contribution in [3.63, 3.8) is 0 Å². The van der Waals surface area contributed by atoms with E-state index in [1.54, 1.807) is 7.11 Å². The summed E-state index contributed by atoms with van der Waals surface area (Å²) in [6, 6.07) is 8.21. The molecule has 2 nitrogen and oxygen atoms in total. The maximum Gasteiger partial charge on any atom is 0.193 e. The third-order valence-electron chi connectivity index (χ3n) is 5.33. The van der Waals surface area contributed by atoms with Crippen LogP contribution in [0.3, 0.4) is 0 Å². The van der Waals surface area contributed by atoms with Gasteiger partial charge < -0.3 is 9.16 Å². The highest BCUT2D eigenvalue weighted by Gasteiger charge is 2.38. The van der Waals surface area contributed by atoms with Gasteiger partial charge in [-0.2, -0.15) is 0 Å². The molecule has 144 valence electrons. The van der Waals surface area contributed by atoms with Crippen LogP contribution in [0.25, 0.3) is 0 Å². The van der Waals surface area contributed by atoms with Crippen LogP contribution in [0.4, 0.5) is 0 Å². The Hall–Kier alpha value is -1.50. The molecule has 1 atom stereocenters. The van der Waals surface area contributed by atoms with Gasteiger partial charge in [0.25, 0.3) is 0 Å². The standard InChI is InChI=1S/C23H36O2Si/c1-9-21(25-26(7,8)23(3,4)5)18-17-19(2)13-12-15-20-14-10-11-16-22(20)24-6/h1,10-11,13-14,16,21H,12,15,17-18H2,2-8H3/b19-13+/t21-/m0/s1. The quantitative estimate of drug-likeness (QED) is 0.284. The number of hydrogen-bond donors (Lipinski definition) is 0. The lowest BCUT2D eigenvalue weighted by molar-refractivity contribution is 0.224. The molecule has 0 fully saturated rings. The van der Waals surface area contributed by atoms with Crippen molar-refractivity contribution in [1.29, 1.82) is 0 Å². The molecular weight excluding hydrogens is 336 g/mol. The number of aryl methyl sites for hydroxylation is 1. The monoisotopic (exact) mass is 372 g/mol. The van der Waals surface area contributed by atoms with Gasteiger partial charge in [-0.25, -0.2) is 0 Å². The summed E-state index contributed by atoms with van der Waals surface area (Å²) in [6.45, 7) is 13.4. The maximum atomic E-state index is 6.37. The Labute approximate surface area is 162 Å². The Kier molecular flexibility index (Phi) is 8.66. The molecule has 1 rings (SSSR count). The van der Waals surface area contributed by atoms with Gasteiger partial charge in [-0.15, -0.1) is 6.42 Å². The highest BCUT2D eigenvalue weighted by atomic mass is 28.4. The first-order valence-corrected chi connectivity index (χ1v) is 12.4. The molecule has 0 aliphatic heterocycles. The number of para-hydroxylation sites is 1. The number of allylic oxidation sites excluding steroid dienone is 2. The molecule has 0 aromatic heterocycles. The van der Waals surface area contributed by atoms with Crippen molar-refractivity contribution >= 4 is 8.32 Å². The molecule has 0 aliphatic carbocycles. The van der Waals surface area contributed by atoms with Crippen molar-refractivity contribution in [1.82, 2.24) is 0 Å². The fourth-order valence-electron chi connectivity index (χ4n) is 2.55. The van der Waals surface area contributed by atoms with Crippen LogP contribution in [-0.4, -0.2) is 21.5 Å². The summed E-state index contributed by atoms with van der Waals surface area (Å²) in [6.07, 6.45) is 11.8. The molecule has 3 heteroatoms. The molecule has 0 saturated carbocycles. The van der Waals surface area contributed by atoms with Crippen LogP contribution in [0.1, 0.15) is 52.5 Å². The Morgan fingerprint density at radius 1 is 1.27 bits per heavy atom. The van der Waals surface area contributed by atoms with Gasteiger partial charge in [0.15, 0.2) is 8.32 Å². The minimum absolute atomic E-state index is 0.0894. The molecule has 1 aromatic carbocycles. The van der Waals surface area contributed by atoms with Crippen LogP contribution >= 0.6 is 0 Å². The molecule has 0 bridgehead atoms. The van der Waals surface area contributed by atoms with E-state index < -0.39 is 8.32 Å². The van der Waals surface area contributed by atoms with Gasteiger partial charge in [0.1, 0.15) is 11.9 Å². The van der Waals surface area contributed by atoms with E-state index in [2.05, 4.69) is 64.9 Å². The molecule has 0 radical (unpaired) electrons. The lowest BCUT2D eigenvalue weighted by Crippen LogP contribution is -2.43. The van der Waals surface area contributed by atoms with E-state index in [4.69, 9.17) is 15.6 Å². The molecule has 0 heterocycles. The van der Waals surface area contributed by atoms with Crippen molar-refractivity contribution in [2.45, 2.75) is 77.6 Å². The topological polar surface area (TPSA) is 18.5 Å².